The minimum absolute atomic E-state index is 0.0326. The number of hydrogen-bond donors (Lipinski definition) is 1. The highest BCUT2D eigenvalue weighted by Crippen LogP contribution is 2.27. The summed E-state index contributed by atoms with van der Waals surface area (Å²) in [6, 6.07) is 15.7. The molecule has 1 aromatic heterocycles. The van der Waals surface area contributed by atoms with Gasteiger partial charge in [-0.3, -0.25) is 4.79 Å². The van der Waals surface area contributed by atoms with E-state index in [9.17, 15) is 4.79 Å². The lowest BCUT2D eigenvalue weighted by molar-refractivity contribution is -0.123. The van der Waals surface area contributed by atoms with Crippen molar-refractivity contribution in [2.45, 2.75) is 19.4 Å². The number of carbonyl (C=O) groups is 1. The molecule has 5 heteroatoms. The molecule has 2 aromatic carbocycles. The molecule has 0 aliphatic carbocycles. The summed E-state index contributed by atoms with van der Waals surface area (Å²) in [7, 11) is 1.58. The van der Waals surface area contributed by atoms with Crippen LogP contribution in [0.1, 0.15) is 12.5 Å². The van der Waals surface area contributed by atoms with Gasteiger partial charge in [0.05, 0.1) is 7.11 Å². The number of rotatable bonds is 7. The van der Waals surface area contributed by atoms with E-state index < -0.39 is 0 Å². The molecule has 0 aliphatic heterocycles. The molecule has 25 heavy (non-hydrogen) atoms. The van der Waals surface area contributed by atoms with Gasteiger partial charge in [-0.2, -0.15) is 0 Å². The Hall–Kier alpha value is -2.53. The van der Waals surface area contributed by atoms with E-state index in [0.717, 1.165) is 6.42 Å². The SMILES string of the molecule is COc1ccccc1OCC(=O)N[C@@H](C)Cc1csc2ccccc12. The predicted octanol–water partition coefficient (Wildman–Crippen LogP) is 4.04. The highest BCUT2D eigenvalue weighted by atomic mass is 32.1. The van der Waals surface area contributed by atoms with Crippen LogP contribution in [0.3, 0.4) is 0 Å². The Bertz CT molecular complexity index is 859. The molecule has 0 radical (unpaired) electrons. The average Bonchev–Trinajstić information content (AvgIpc) is 3.03. The first-order chi connectivity index (χ1) is 12.2. The Balaban J connectivity index is 1.54. The molecule has 0 bridgehead atoms. The van der Waals surface area contributed by atoms with Gasteiger partial charge in [-0.15, -0.1) is 11.3 Å². The fourth-order valence-corrected chi connectivity index (χ4v) is 3.75. The van der Waals surface area contributed by atoms with Crippen LogP contribution in [0.4, 0.5) is 0 Å². The molecule has 130 valence electrons. The van der Waals surface area contributed by atoms with Crippen LogP contribution in [0.25, 0.3) is 10.1 Å². The lowest BCUT2D eigenvalue weighted by atomic mass is 10.1. The number of nitrogens with one attached hydrogen (secondary N) is 1. The molecule has 0 saturated heterocycles. The number of carbonyl (C=O) groups excluding carboxylic acids is 1. The first-order valence-corrected chi connectivity index (χ1v) is 9.05. The van der Waals surface area contributed by atoms with E-state index in [1.54, 1.807) is 30.6 Å². The molecule has 4 nitrogen and oxygen atoms in total. The van der Waals surface area contributed by atoms with Crippen LogP contribution in [-0.2, 0) is 11.2 Å². The van der Waals surface area contributed by atoms with Gasteiger partial charge in [-0.1, -0.05) is 30.3 Å². The number of ether oxygens (including phenoxy) is 2. The lowest BCUT2D eigenvalue weighted by Gasteiger charge is -2.15. The average molecular weight is 355 g/mol. The lowest BCUT2D eigenvalue weighted by Crippen LogP contribution is -2.37. The van der Waals surface area contributed by atoms with Crippen molar-refractivity contribution in [3.05, 3.63) is 59.5 Å². The third-order valence-electron chi connectivity index (χ3n) is 3.92. The Morgan fingerprint density at radius 2 is 1.84 bits per heavy atom. The van der Waals surface area contributed by atoms with Crippen molar-refractivity contribution in [1.82, 2.24) is 5.32 Å². The summed E-state index contributed by atoms with van der Waals surface area (Å²) in [5.74, 6) is 1.04. The molecular formula is C20H21NO3S. The smallest absolute Gasteiger partial charge is 0.258 e. The van der Waals surface area contributed by atoms with Crippen molar-refractivity contribution in [2.24, 2.45) is 0 Å². The van der Waals surface area contributed by atoms with Gasteiger partial charge in [0.2, 0.25) is 0 Å². The summed E-state index contributed by atoms with van der Waals surface area (Å²) in [5, 5.41) is 6.42. The molecule has 1 heterocycles. The Morgan fingerprint density at radius 3 is 2.64 bits per heavy atom. The van der Waals surface area contributed by atoms with E-state index in [2.05, 4.69) is 22.8 Å². The summed E-state index contributed by atoms with van der Waals surface area (Å²) < 4.78 is 12.0. The number of para-hydroxylation sites is 2. The second-order valence-electron chi connectivity index (χ2n) is 5.87. The standard InChI is InChI=1S/C20H21NO3S/c1-14(11-15-13-25-19-10-6-3-7-16(15)19)21-20(22)12-24-18-9-5-4-8-17(18)23-2/h3-10,13-14H,11-12H2,1-2H3,(H,21,22)/t14-/m0/s1. The second-order valence-corrected chi connectivity index (χ2v) is 6.78. The normalized spacial score (nSPS) is 11.9. The van der Waals surface area contributed by atoms with Crippen LogP contribution in [-0.4, -0.2) is 25.7 Å². The molecule has 1 amide bonds. The van der Waals surface area contributed by atoms with Gasteiger partial charge in [-0.25, -0.2) is 0 Å². The van der Waals surface area contributed by atoms with Crippen molar-refractivity contribution in [1.29, 1.82) is 0 Å². The van der Waals surface area contributed by atoms with Gasteiger partial charge >= 0.3 is 0 Å². The summed E-state index contributed by atoms with van der Waals surface area (Å²) in [6.45, 7) is 1.97. The minimum Gasteiger partial charge on any atom is -0.493 e. The van der Waals surface area contributed by atoms with Gasteiger partial charge < -0.3 is 14.8 Å². The van der Waals surface area contributed by atoms with Gasteiger partial charge in [0.1, 0.15) is 0 Å². The molecule has 1 atom stereocenters. The van der Waals surface area contributed by atoms with Crippen LogP contribution < -0.4 is 14.8 Å². The van der Waals surface area contributed by atoms with Gasteiger partial charge in [-0.05, 0) is 47.9 Å². The zero-order valence-corrected chi connectivity index (χ0v) is 15.1. The van der Waals surface area contributed by atoms with Crippen LogP contribution >= 0.6 is 11.3 Å². The molecular weight excluding hydrogens is 334 g/mol. The molecule has 0 spiro atoms. The molecule has 0 fully saturated rings. The van der Waals surface area contributed by atoms with E-state index in [1.807, 2.05) is 31.2 Å². The number of thiophene rings is 1. The van der Waals surface area contributed by atoms with E-state index >= 15 is 0 Å². The number of methoxy groups -OCH3 is 1. The van der Waals surface area contributed by atoms with E-state index in [0.29, 0.717) is 11.5 Å². The van der Waals surface area contributed by atoms with Crippen molar-refractivity contribution >= 4 is 27.3 Å². The number of benzene rings is 2. The van der Waals surface area contributed by atoms with Gasteiger partial charge in [0, 0.05) is 10.7 Å². The maximum atomic E-state index is 12.1. The highest BCUT2D eigenvalue weighted by Gasteiger charge is 2.12. The van der Waals surface area contributed by atoms with E-state index in [4.69, 9.17) is 9.47 Å². The van der Waals surface area contributed by atoms with E-state index in [1.165, 1.54) is 15.6 Å². The summed E-state index contributed by atoms with van der Waals surface area (Å²) in [6.07, 6.45) is 0.796. The van der Waals surface area contributed by atoms with Crippen molar-refractivity contribution in [3.63, 3.8) is 0 Å². The summed E-state index contributed by atoms with van der Waals surface area (Å²) >= 11 is 1.74. The Labute approximate surface area is 151 Å². The zero-order chi connectivity index (χ0) is 17.6. The van der Waals surface area contributed by atoms with Gasteiger partial charge in [0.15, 0.2) is 18.1 Å². The first-order valence-electron chi connectivity index (χ1n) is 8.17. The third-order valence-corrected chi connectivity index (χ3v) is 4.93. The zero-order valence-electron chi connectivity index (χ0n) is 14.3. The summed E-state index contributed by atoms with van der Waals surface area (Å²) in [4.78, 5) is 12.1. The molecule has 1 N–H and O–H groups in total. The molecule has 3 aromatic rings. The molecule has 0 saturated carbocycles. The van der Waals surface area contributed by atoms with Crippen molar-refractivity contribution in [3.8, 4) is 11.5 Å². The maximum absolute atomic E-state index is 12.1. The molecule has 3 rings (SSSR count). The first kappa shape index (κ1) is 17.3. The number of fused-ring (bicyclic) bond motifs is 1. The summed E-state index contributed by atoms with van der Waals surface area (Å²) in [5.41, 5.74) is 1.26. The van der Waals surface area contributed by atoms with Crippen LogP contribution in [0.2, 0.25) is 0 Å². The van der Waals surface area contributed by atoms with Crippen molar-refractivity contribution < 1.29 is 14.3 Å². The largest absolute Gasteiger partial charge is 0.493 e. The van der Waals surface area contributed by atoms with E-state index in [-0.39, 0.29) is 18.6 Å². The fourth-order valence-electron chi connectivity index (χ4n) is 2.77. The Morgan fingerprint density at radius 1 is 1.12 bits per heavy atom. The minimum atomic E-state index is -0.141. The van der Waals surface area contributed by atoms with Crippen LogP contribution in [0, 0.1) is 0 Å². The number of hydrogen-bond acceptors (Lipinski definition) is 4. The quantitative estimate of drug-likeness (QED) is 0.696. The topological polar surface area (TPSA) is 47.6 Å². The predicted molar refractivity (Wildman–Crippen MR) is 102 cm³/mol. The highest BCUT2D eigenvalue weighted by molar-refractivity contribution is 7.17. The third kappa shape index (κ3) is 4.31. The fraction of sp³-hybridized carbons (Fsp3) is 0.250. The number of amides is 1. The van der Waals surface area contributed by atoms with Crippen LogP contribution in [0.5, 0.6) is 11.5 Å². The monoisotopic (exact) mass is 355 g/mol. The maximum Gasteiger partial charge on any atom is 0.258 e. The van der Waals surface area contributed by atoms with Crippen LogP contribution in [0.15, 0.2) is 53.9 Å². The molecule has 0 unspecified atom stereocenters. The van der Waals surface area contributed by atoms with Gasteiger partial charge in [0.25, 0.3) is 5.91 Å². The molecule has 0 aliphatic rings. The van der Waals surface area contributed by atoms with Crippen molar-refractivity contribution in [2.75, 3.05) is 13.7 Å². The Kier molecular flexibility index (Phi) is 5.56. The second kappa shape index (κ2) is 8.03.